The monoisotopic (exact) mass is 374 g/mol. The van der Waals surface area contributed by atoms with Crippen molar-refractivity contribution >= 4 is 17.7 Å². The minimum Gasteiger partial charge on any atom is -0.466 e. The number of benzene rings is 1. The summed E-state index contributed by atoms with van der Waals surface area (Å²) >= 11 is 0. The Kier molecular flexibility index (Phi) is 6.12. The van der Waals surface area contributed by atoms with Gasteiger partial charge in [0.2, 0.25) is 0 Å². The first-order valence-corrected chi connectivity index (χ1v) is 8.24. The summed E-state index contributed by atoms with van der Waals surface area (Å²) in [6.45, 7) is 0. The van der Waals surface area contributed by atoms with Gasteiger partial charge in [-0.1, -0.05) is 31.4 Å². The van der Waals surface area contributed by atoms with E-state index in [4.69, 9.17) is 0 Å². The Hall–Kier alpha value is -2.29. The Bertz CT molecular complexity index is 642. The van der Waals surface area contributed by atoms with E-state index < -0.39 is 29.3 Å². The number of aliphatic hydroxyl groups is 1. The van der Waals surface area contributed by atoms with E-state index in [2.05, 4.69) is 15.4 Å². The second-order valence-electron chi connectivity index (χ2n) is 6.21. The predicted octanol–water partition coefficient (Wildman–Crippen LogP) is 3.06. The Labute approximate surface area is 148 Å². The highest BCUT2D eigenvalue weighted by atomic mass is 19.4. The summed E-state index contributed by atoms with van der Waals surface area (Å²) in [5.41, 5.74) is -4.24. The molecule has 9 heteroatoms. The van der Waals surface area contributed by atoms with Crippen molar-refractivity contribution in [2.24, 2.45) is 0 Å². The molecule has 1 fully saturated rings. The quantitative estimate of drug-likeness (QED) is 0.707. The van der Waals surface area contributed by atoms with Crippen LogP contribution in [0.3, 0.4) is 0 Å². The van der Waals surface area contributed by atoms with Crippen LogP contribution in [-0.4, -0.2) is 36.4 Å². The average molecular weight is 374 g/mol. The maximum atomic E-state index is 13.2. The number of nitrogens with one attached hydrogen (secondary N) is 2. The Balaban J connectivity index is 2.08. The molecule has 0 bridgehead atoms. The summed E-state index contributed by atoms with van der Waals surface area (Å²) in [6, 6.07) is 3.81. The Morgan fingerprint density at radius 2 is 1.69 bits per heavy atom. The SMILES string of the molecule is COC(=O)[C@@](O)(c1ccc(NC(=O)NC2CCCCC2)cc1)C(F)(F)F. The van der Waals surface area contributed by atoms with E-state index in [-0.39, 0.29) is 11.7 Å². The highest BCUT2D eigenvalue weighted by Crippen LogP contribution is 2.40. The number of ether oxygens (including phenoxy) is 1. The number of hydrogen-bond acceptors (Lipinski definition) is 4. The maximum Gasteiger partial charge on any atom is 0.432 e. The van der Waals surface area contributed by atoms with Gasteiger partial charge < -0.3 is 20.5 Å². The molecule has 1 saturated carbocycles. The van der Waals surface area contributed by atoms with Crippen molar-refractivity contribution < 1.29 is 32.6 Å². The summed E-state index contributed by atoms with van der Waals surface area (Å²) in [5, 5.41) is 15.2. The van der Waals surface area contributed by atoms with Gasteiger partial charge in [-0.3, -0.25) is 0 Å². The molecular formula is C17H21F3N2O4. The Morgan fingerprint density at radius 3 is 2.19 bits per heavy atom. The fourth-order valence-electron chi connectivity index (χ4n) is 2.94. The number of carbonyl (C=O) groups excluding carboxylic acids is 2. The zero-order valence-electron chi connectivity index (χ0n) is 14.2. The van der Waals surface area contributed by atoms with E-state index >= 15 is 0 Å². The summed E-state index contributed by atoms with van der Waals surface area (Å²) in [6.07, 6.45) is -0.239. The van der Waals surface area contributed by atoms with Crippen LogP contribution in [0.2, 0.25) is 0 Å². The molecule has 0 aromatic heterocycles. The number of anilines is 1. The van der Waals surface area contributed by atoms with Crippen molar-refractivity contribution in [1.82, 2.24) is 5.32 Å². The molecule has 144 valence electrons. The van der Waals surface area contributed by atoms with Gasteiger partial charge in [-0.15, -0.1) is 0 Å². The lowest BCUT2D eigenvalue weighted by molar-refractivity contribution is -0.266. The second-order valence-corrected chi connectivity index (χ2v) is 6.21. The number of carbonyl (C=O) groups is 2. The van der Waals surface area contributed by atoms with Gasteiger partial charge in [-0.05, 0) is 25.0 Å². The summed E-state index contributed by atoms with van der Waals surface area (Å²) in [5.74, 6) is -1.83. The summed E-state index contributed by atoms with van der Waals surface area (Å²) in [7, 11) is 0.755. The largest absolute Gasteiger partial charge is 0.466 e. The average Bonchev–Trinajstić information content (AvgIpc) is 2.60. The van der Waals surface area contributed by atoms with E-state index in [1.165, 1.54) is 12.1 Å². The number of rotatable bonds is 4. The van der Waals surface area contributed by atoms with Gasteiger partial charge in [0.1, 0.15) is 0 Å². The van der Waals surface area contributed by atoms with Crippen LogP contribution in [0.1, 0.15) is 37.7 Å². The van der Waals surface area contributed by atoms with Crippen molar-refractivity contribution in [2.75, 3.05) is 12.4 Å². The number of alkyl halides is 3. The molecule has 2 rings (SSSR count). The molecule has 0 aliphatic heterocycles. The van der Waals surface area contributed by atoms with Crippen molar-refractivity contribution in [1.29, 1.82) is 0 Å². The number of esters is 1. The van der Waals surface area contributed by atoms with E-state index in [0.29, 0.717) is 0 Å². The van der Waals surface area contributed by atoms with Crippen molar-refractivity contribution in [3.8, 4) is 0 Å². The molecule has 1 aliphatic carbocycles. The zero-order valence-corrected chi connectivity index (χ0v) is 14.2. The molecule has 0 heterocycles. The van der Waals surface area contributed by atoms with Crippen LogP contribution in [0, 0.1) is 0 Å². The van der Waals surface area contributed by atoms with Crippen LogP contribution in [-0.2, 0) is 15.1 Å². The van der Waals surface area contributed by atoms with E-state index in [0.717, 1.165) is 51.3 Å². The molecule has 1 atom stereocenters. The minimum atomic E-state index is -5.26. The van der Waals surface area contributed by atoms with Crippen molar-refractivity contribution in [2.45, 2.75) is 49.9 Å². The normalized spacial score (nSPS) is 17.9. The third-order valence-corrected chi connectivity index (χ3v) is 4.39. The van der Waals surface area contributed by atoms with E-state index in [1.54, 1.807) is 0 Å². The van der Waals surface area contributed by atoms with Crippen LogP contribution >= 0.6 is 0 Å². The first-order valence-electron chi connectivity index (χ1n) is 8.24. The molecule has 26 heavy (non-hydrogen) atoms. The van der Waals surface area contributed by atoms with Crippen LogP contribution in [0.25, 0.3) is 0 Å². The van der Waals surface area contributed by atoms with Gasteiger partial charge >= 0.3 is 18.2 Å². The minimum absolute atomic E-state index is 0.0812. The standard InChI is InChI=1S/C17H21F3N2O4/c1-26-14(23)16(25,17(18,19)20)11-7-9-13(10-8-11)22-15(24)21-12-5-3-2-4-6-12/h7-10,12,25H,2-6H2,1H3,(H2,21,22,24)/t16-/m0/s1. The number of halogens is 3. The van der Waals surface area contributed by atoms with Gasteiger partial charge in [0.25, 0.3) is 5.60 Å². The lowest BCUT2D eigenvalue weighted by Gasteiger charge is -2.28. The smallest absolute Gasteiger partial charge is 0.432 e. The molecular weight excluding hydrogens is 353 g/mol. The number of methoxy groups -OCH3 is 1. The molecule has 6 nitrogen and oxygen atoms in total. The van der Waals surface area contributed by atoms with Crippen molar-refractivity contribution in [3.63, 3.8) is 0 Å². The third kappa shape index (κ3) is 4.27. The van der Waals surface area contributed by atoms with Crippen LogP contribution in [0.15, 0.2) is 24.3 Å². The zero-order chi connectivity index (χ0) is 19.4. The molecule has 0 unspecified atom stereocenters. The maximum absolute atomic E-state index is 13.2. The molecule has 1 aromatic carbocycles. The molecule has 2 amide bonds. The highest BCUT2D eigenvalue weighted by Gasteiger charge is 2.62. The second kappa shape index (κ2) is 7.94. The Morgan fingerprint density at radius 1 is 1.12 bits per heavy atom. The topological polar surface area (TPSA) is 87.7 Å². The van der Waals surface area contributed by atoms with Gasteiger partial charge in [-0.25, -0.2) is 9.59 Å². The van der Waals surface area contributed by atoms with Gasteiger partial charge in [0.05, 0.1) is 7.11 Å². The summed E-state index contributed by atoms with van der Waals surface area (Å²) in [4.78, 5) is 23.4. The van der Waals surface area contributed by atoms with Crippen LogP contribution in [0.5, 0.6) is 0 Å². The first-order chi connectivity index (χ1) is 12.2. The molecule has 1 aromatic rings. The molecule has 3 N–H and O–H groups in total. The van der Waals surface area contributed by atoms with Gasteiger partial charge in [0, 0.05) is 17.3 Å². The van der Waals surface area contributed by atoms with E-state index in [1.807, 2.05) is 0 Å². The predicted molar refractivity (Wildman–Crippen MR) is 87.4 cm³/mol. The molecule has 0 radical (unpaired) electrons. The van der Waals surface area contributed by atoms with Crippen LogP contribution < -0.4 is 10.6 Å². The van der Waals surface area contributed by atoms with Crippen LogP contribution in [0.4, 0.5) is 23.7 Å². The lowest BCUT2D eigenvalue weighted by atomic mass is 9.93. The fourth-order valence-corrected chi connectivity index (χ4v) is 2.94. The highest BCUT2D eigenvalue weighted by molar-refractivity contribution is 5.89. The number of urea groups is 1. The fraction of sp³-hybridized carbons (Fsp3) is 0.529. The van der Waals surface area contributed by atoms with Gasteiger partial charge in [0.15, 0.2) is 0 Å². The lowest BCUT2D eigenvalue weighted by Crippen LogP contribution is -2.49. The number of amides is 2. The summed E-state index contributed by atoms with van der Waals surface area (Å²) < 4.78 is 43.6. The molecule has 1 aliphatic rings. The van der Waals surface area contributed by atoms with Gasteiger partial charge in [-0.2, -0.15) is 13.2 Å². The van der Waals surface area contributed by atoms with Crippen molar-refractivity contribution in [3.05, 3.63) is 29.8 Å². The first kappa shape index (κ1) is 20.0. The van der Waals surface area contributed by atoms with E-state index in [9.17, 15) is 27.9 Å². The third-order valence-electron chi connectivity index (χ3n) is 4.39. The molecule has 0 saturated heterocycles. The number of hydrogen-bond donors (Lipinski definition) is 3. The molecule has 0 spiro atoms.